The van der Waals surface area contributed by atoms with Gasteiger partial charge in [0.2, 0.25) is 0 Å². The number of hydrogen-bond donors (Lipinski definition) is 2. The zero-order valence-corrected chi connectivity index (χ0v) is 11.3. The van der Waals surface area contributed by atoms with Crippen molar-refractivity contribution in [1.82, 2.24) is 5.32 Å². The zero-order valence-electron chi connectivity index (χ0n) is 11.3. The van der Waals surface area contributed by atoms with Crippen molar-refractivity contribution in [3.05, 3.63) is 65.7 Å². The van der Waals surface area contributed by atoms with Gasteiger partial charge in [0, 0.05) is 6.04 Å². The minimum atomic E-state index is 0.353. The Balaban J connectivity index is 1.87. The maximum absolute atomic E-state index is 9.43. The molecule has 0 amide bonds. The van der Waals surface area contributed by atoms with Crippen LogP contribution in [0.4, 0.5) is 0 Å². The third-order valence-corrected chi connectivity index (χ3v) is 3.42. The average Bonchev–Trinajstić information content (AvgIpc) is 2.45. The second kappa shape index (κ2) is 6.95. The molecule has 2 heteroatoms. The minimum Gasteiger partial charge on any atom is -0.508 e. The molecule has 2 N–H and O–H groups in total. The summed E-state index contributed by atoms with van der Waals surface area (Å²) in [5.41, 5.74) is 2.53. The fraction of sp³-hybridized carbons (Fsp3) is 0.294. The number of phenolic OH excluding ortho intramolecular Hbond substituents is 1. The van der Waals surface area contributed by atoms with Crippen molar-refractivity contribution in [1.29, 1.82) is 0 Å². The summed E-state index contributed by atoms with van der Waals surface area (Å²) in [6, 6.07) is 18.4. The van der Waals surface area contributed by atoms with Crippen LogP contribution in [0, 0.1) is 0 Å². The summed E-state index contributed by atoms with van der Waals surface area (Å²) < 4.78 is 0. The molecular formula is C17H21NO. The molecule has 100 valence electrons. The van der Waals surface area contributed by atoms with E-state index in [2.05, 4.69) is 35.6 Å². The topological polar surface area (TPSA) is 32.3 Å². The van der Waals surface area contributed by atoms with E-state index in [1.165, 1.54) is 11.1 Å². The lowest BCUT2D eigenvalue weighted by Crippen LogP contribution is -2.16. The highest BCUT2D eigenvalue weighted by Gasteiger charge is 2.08. The summed E-state index contributed by atoms with van der Waals surface area (Å²) in [7, 11) is 2.01. The number of aryl methyl sites for hydroxylation is 1. The van der Waals surface area contributed by atoms with E-state index < -0.39 is 0 Å². The first-order chi connectivity index (χ1) is 9.29. The zero-order chi connectivity index (χ0) is 13.5. The first-order valence-electron chi connectivity index (χ1n) is 6.79. The van der Waals surface area contributed by atoms with Crippen LogP contribution in [-0.4, -0.2) is 12.2 Å². The number of rotatable bonds is 6. The van der Waals surface area contributed by atoms with E-state index in [4.69, 9.17) is 0 Å². The standard InChI is InChI=1S/C17H21NO/c1-18-17(15-9-3-2-4-10-15)12-6-8-14-7-5-11-16(19)13-14/h2-5,7,9-11,13,17-19H,6,8,12H2,1H3/t17-/m1/s1. The monoisotopic (exact) mass is 255 g/mol. The first-order valence-corrected chi connectivity index (χ1v) is 6.79. The quantitative estimate of drug-likeness (QED) is 0.825. The summed E-state index contributed by atoms with van der Waals surface area (Å²) in [4.78, 5) is 0. The average molecular weight is 255 g/mol. The highest BCUT2D eigenvalue weighted by atomic mass is 16.3. The van der Waals surface area contributed by atoms with Crippen LogP contribution in [0.25, 0.3) is 0 Å². The normalized spacial score (nSPS) is 12.3. The van der Waals surface area contributed by atoms with Crippen molar-refractivity contribution in [3.8, 4) is 5.75 Å². The van der Waals surface area contributed by atoms with Gasteiger partial charge < -0.3 is 10.4 Å². The summed E-state index contributed by atoms with van der Waals surface area (Å²) in [6.45, 7) is 0. The van der Waals surface area contributed by atoms with Gasteiger partial charge >= 0.3 is 0 Å². The Labute approximate surface area is 115 Å². The first kappa shape index (κ1) is 13.6. The second-order valence-corrected chi connectivity index (χ2v) is 4.81. The fourth-order valence-electron chi connectivity index (χ4n) is 2.39. The number of aromatic hydroxyl groups is 1. The molecule has 2 aromatic rings. The molecule has 0 heterocycles. The Morgan fingerprint density at radius 2 is 1.84 bits per heavy atom. The smallest absolute Gasteiger partial charge is 0.115 e. The van der Waals surface area contributed by atoms with Gasteiger partial charge in [-0.05, 0) is 49.6 Å². The number of nitrogens with one attached hydrogen (secondary N) is 1. The van der Waals surface area contributed by atoms with Crippen molar-refractivity contribution in [3.63, 3.8) is 0 Å². The fourth-order valence-corrected chi connectivity index (χ4v) is 2.39. The predicted molar refractivity (Wildman–Crippen MR) is 79.3 cm³/mol. The van der Waals surface area contributed by atoms with Gasteiger partial charge in [0.25, 0.3) is 0 Å². The van der Waals surface area contributed by atoms with E-state index in [-0.39, 0.29) is 0 Å². The molecule has 2 nitrogen and oxygen atoms in total. The molecule has 0 aromatic heterocycles. The number of benzene rings is 2. The van der Waals surface area contributed by atoms with Crippen LogP contribution in [0.3, 0.4) is 0 Å². The second-order valence-electron chi connectivity index (χ2n) is 4.81. The van der Waals surface area contributed by atoms with Crippen LogP contribution in [0.5, 0.6) is 5.75 Å². The maximum Gasteiger partial charge on any atom is 0.115 e. The predicted octanol–water partition coefficient (Wildman–Crippen LogP) is 3.68. The maximum atomic E-state index is 9.43. The van der Waals surface area contributed by atoms with Crippen LogP contribution in [-0.2, 0) is 6.42 Å². The van der Waals surface area contributed by atoms with Gasteiger partial charge in [0.15, 0.2) is 0 Å². The minimum absolute atomic E-state index is 0.353. The Kier molecular flexibility index (Phi) is 4.99. The van der Waals surface area contributed by atoms with Crippen LogP contribution in [0.2, 0.25) is 0 Å². The van der Waals surface area contributed by atoms with Crippen molar-refractivity contribution >= 4 is 0 Å². The Hall–Kier alpha value is -1.80. The molecule has 1 atom stereocenters. The van der Waals surface area contributed by atoms with E-state index in [0.717, 1.165) is 19.3 Å². The number of phenols is 1. The van der Waals surface area contributed by atoms with Crippen LogP contribution < -0.4 is 5.32 Å². The summed E-state index contributed by atoms with van der Waals surface area (Å²) in [5, 5.41) is 12.8. The molecule has 0 saturated carbocycles. The molecule has 0 saturated heterocycles. The van der Waals surface area contributed by atoms with E-state index in [1.807, 2.05) is 25.2 Å². The van der Waals surface area contributed by atoms with Gasteiger partial charge in [-0.1, -0.05) is 42.5 Å². The highest BCUT2D eigenvalue weighted by molar-refractivity contribution is 5.27. The van der Waals surface area contributed by atoms with Crippen molar-refractivity contribution in [2.45, 2.75) is 25.3 Å². The Bertz CT molecular complexity index is 496. The Morgan fingerprint density at radius 1 is 1.05 bits per heavy atom. The van der Waals surface area contributed by atoms with Crippen LogP contribution in [0.1, 0.15) is 30.0 Å². The van der Waals surface area contributed by atoms with Gasteiger partial charge in [0.1, 0.15) is 5.75 Å². The molecule has 0 spiro atoms. The molecule has 0 aliphatic rings. The van der Waals surface area contributed by atoms with E-state index >= 15 is 0 Å². The molecule has 2 rings (SSSR count). The van der Waals surface area contributed by atoms with Crippen molar-refractivity contribution in [2.24, 2.45) is 0 Å². The van der Waals surface area contributed by atoms with Gasteiger partial charge in [-0.2, -0.15) is 0 Å². The van der Waals surface area contributed by atoms with Crippen LogP contribution in [0.15, 0.2) is 54.6 Å². The van der Waals surface area contributed by atoms with Gasteiger partial charge in [-0.3, -0.25) is 0 Å². The molecule has 0 unspecified atom stereocenters. The van der Waals surface area contributed by atoms with Crippen LogP contribution >= 0.6 is 0 Å². The molecular weight excluding hydrogens is 234 g/mol. The molecule has 0 bridgehead atoms. The molecule has 0 aliphatic carbocycles. The Morgan fingerprint density at radius 3 is 2.53 bits per heavy atom. The summed E-state index contributed by atoms with van der Waals surface area (Å²) >= 11 is 0. The highest BCUT2D eigenvalue weighted by Crippen LogP contribution is 2.20. The lowest BCUT2D eigenvalue weighted by atomic mass is 9.99. The lowest BCUT2D eigenvalue weighted by Gasteiger charge is -2.16. The summed E-state index contributed by atoms with van der Waals surface area (Å²) in [6.07, 6.45) is 3.19. The number of hydrogen-bond acceptors (Lipinski definition) is 2. The molecule has 0 radical (unpaired) electrons. The largest absolute Gasteiger partial charge is 0.508 e. The molecule has 19 heavy (non-hydrogen) atoms. The molecule has 0 fully saturated rings. The van der Waals surface area contributed by atoms with E-state index in [0.29, 0.717) is 11.8 Å². The van der Waals surface area contributed by atoms with Crippen molar-refractivity contribution < 1.29 is 5.11 Å². The van der Waals surface area contributed by atoms with Gasteiger partial charge in [-0.15, -0.1) is 0 Å². The lowest BCUT2D eigenvalue weighted by molar-refractivity contribution is 0.474. The third kappa shape index (κ3) is 4.11. The van der Waals surface area contributed by atoms with E-state index in [9.17, 15) is 5.11 Å². The molecule has 0 aliphatic heterocycles. The third-order valence-electron chi connectivity index (χ3n) is 3.42. The SMILES string of the molecule is CN[C@H](CCCc1cccc(O)c1)c1ccccc1. The van der Waals surface area contributed by atoms with Crippen molar-refractivity contribution in [2.75, 3.05) is 7.05 Å². The van der Waals surface area contributed by atoms with E-state index in [1.54, 1.807) is 6.07 Å². The molecule has 2 aromatic carbocycles. The van der Waals surface area contributed by atoms with Gasteiger partial charge in [-0.25, -0.2) is 0 Å². The van der Waals surface area contributed by atoms with Gasteiger partial charge in [0.05, 0.1) is 0 Å². The summed E-state index contributed by atoms with van der Waals surface area (Å²) in [5.74, 6) is 0.353.